The van der Waals surface area contributed by atoms with Crippen molar-refractivity contribution in [2.24, 2.45) is 0 Å². The van der Waals surface area contributed by atoms with E-state index >= 15 is 0 Å². The zero-order chi connectivity index (χ0) is 12.8. The summed E-state index contributed by atoms with van der Waals surface area (Å²) in [6, 6.07) is 10.3. The Kier molecular flexibility index (Phi) is 6.89. The van der Waals surface area contributed by atoms with E-state index in [0.29, 0.717) is 6.04 Å². The molecule has 2 N–H and O–H groups in total. The first kappa shape index (κ1) is 16.0. The second kappa shape index (κ2) is 8.18. The lowest BCUT2D eigenvalue weighted by Gasteiger charge is -2.26. The van der Waals surface area contributed by atoms with Gasteiger partial charge in [-0.2, -0.15) is 0 Å². The van der Waals surface area contributed by atoms with Gasteiger partial charge in [0.2, 0.25) is 5.91 Å². The predicted octanol–water partition coefficient (Wildman–Crippen LogP) is 2.47. The fourth-order valence-corrected chi connectivity index (χ4v) is 2.53. The SMILES string of the molecule is CCC(C(=O)NC1CCCNC1)c1ccccc1.Cl. The predicted molar refractivity (Wildman–Crippen MR) is 80.8 cm³/mol. The Balaban J connectivity index is 0.00000180. The van der Waals surface area contributed by atoms with Gasteiger partial charge < -0.3 is 10.6 Å². The lowest BCUT2D eigenvalue weighted by molar-refractivity contribution is -0.123. The summed E-state index contributed by atoms with van der Waals surface area (Å²) in [6.45, 7) is 4.04. The Morgan fingerprint density at radius 1 is 1.42 bits per heavy atom. The highest BCUT2D eigenvalue weighted by atomic mass is 35.5. The number of hydrogen-bond donors (Lipinski definition) is 2. The summed E-state index contributed by atoms with van der Waals surface area (Å²) in [7, 11) is 0. The third-order valence-corrected chi connectivity index (χ3v) is 3.57. The minimum absolute atomic E-state index is 0. The van der Waals surface area contributed by atoms with Crippen LogP contribution in [0.2, 0.25) is 0 Å². The topological polar surface area (TPSA) is 41.1 Å². The second-order valence-electron chi connectivity index (χ2n) is 4.92. The molecule has 2 atom stereocenters. The number of hydrogen-bond acceptors (Lipinski definition) is 2. The van der Waals surface area contributed by atoms with Crippen molar-refractivity contribution in [3.05, 3.63) is 35.9 Å². The number of rotatable bonds is 4. The van der Waals surface area contributed by atoms with E-state index in [1.807, 2.05) is 30.3 Å². The molecule has 106 valence electrons. The standard InChI is InChI=1S/C15H22N2O.ClH/c1-2-14(12-7-4-3-5-8-12)15(18)17-13-9-6-10-16-11-13;/h3-5,7-8,13-14,16H,2,6,9-11H2,1H3,(H,17,18);1H. The Bertz CT molecular complexity index is 377. The first-order chi connectivity index (χ1) is 8.81. The van der Waals surface area contributed by atoms with Crippen LogP contribution in [0.25, 0.3) is 0 Å². The van der Waals surface area contributed by atoms with E-state index in [2.05, 4.69) is 17.6 Å². The molecule has 1 amide bonds. The molecule has 2 rings (SSSR count). The van der Waals surface area contributed by atoms with E-state index < -0.39 is 0 Å². The molecule has 1 saturated heterocycles. The molecule has 1 aliphatic heterocycles. The molecule has 1 aromatic rings. The third-order valence-electron chi connectivity index (χ3n) is 3.57. The van der Waals surface area contributed by atoms with E-state index in [1.54, 1.807) is 0 Å². The zero-order valence-corrected chi connectivity index (χ0v) is 12.2. The van der Waals surface area contributed by atoms with Crippen LogP contribution in [0.5, 0.6) is 0 Å². The summed E-state index contributed by atoms with van der Waals surface area (Å²) in [5.41, 5.74) is 1.11. The molecule has 1 heterocycles. The zero-order valence-electron chi connectivity index (χ0n) is 11.4. The van der Waals surface area contributed by atoms with Gasteiger partial charge in [-0.05, 0) is 31.4 Å². The van der Waals surface area contributed by atoms with Gasteiger partial charge in [0.15, 0.2) is 0 Å². The van der Waals surface area contributed by atoms with E-state index in [1.165, 1.54) is 0 Å². The lowest BCUT2D eigenvalue weighted by Crippen LogP contribution is -2.47. The Morgan fingerprint density at radius 2 is 2.16 bits per heavy atom. The maximum atomic E-state index is 12.3. The molecule has 0 saturated carbocycles. The molecule has 19 heavy (non-hydrogen) atoms. The number of amides is 1. The highest BCUT2D eigenvalue weighted by Crippen LogP contribution is 2.19. The molecule has 0 aromatic heterocycles. The summed E-state index contributed by atoms with van der Waals surface area (Å²) in [6.07, 6.45) is 3.08. The number of halogens is 1. The monoisotopic (exact) mass is 282 g/mol. The number of piperidine rings is 1. The quantitative estimate of drug-likeness (QED) is 0.891. The third kappa shape index (κ3) is 4.51. The molecule has 1 fully saturated rings. The molecule has 0 spiro atoms. The molecule has 0 bridgehead atoms. The Hall–Kier alpha value is -1.06. The highest BCUT2D eigenvalue weighted by molar-refractivity contribution is 5.85. The summed E-state index contributed by atoms with van der Waals surface area (Å²) in [5.74, 6) is 0.144. The van der Waals surface area contributed by atoms with Crippen LogP contribution >= 0.6 is 12.4 Å². The molecule has 4 heteroatoms. The van der Waals surface area contributed by atoms with Gasteiger partial charge in [0.1, 0.15) is 0 Å². The second-order valence-corrected chi connectivity index (χ2v) is 4.92. The average molecular weight is 283 g/mol. The summed E-state index contributed by atoms with van der Waals surface area (Å²) < 4.78 is 0. The van der Waals surface area contributed by atoms with Gasteiger partial charge in [0.25, 0.3) is 0 Å². The largest absolute Gasteiger partial charge is 0.352 e. The van der Waals surface area contributed by atoms with Gasteiger partial charge in [-0.15, -0.1) is 12.4 Å². The number of nitrogens with one attached hydrogen (secondary N) is 2. The van der Waals surface area contributed by atoms with Crippen molar-refractivity contribution in [1.29, 1.82) is 0 Å². The smallest absolute Gasteiger partial charge is 0.227 e. The Morgan fingerprint density at radius 3 is 2.74 bits per heavy atom. The molecule has 3 nitrogen and oxygen atoms in total. The molecule has 0 aliphatic carbocycles. The van der Waals surface area contributed by atoms with Crippen LogP contribution in [0.1, 0.15) is 37.7 Å². The molecule has 1 aliphatic rings. The van der Waals surface area contributed by atoms with E-state index in [9.17, 15) is 4.79 Å². The summed E-state index contributed by atoms with van der Waals surface area (Å²) in [5, 5.41) is 6.49. The van der Waals surface area contributed by atoms with Crippen molar-refractivity contribution in [1.82, 2.24) is 10.6 Å². The van der Waals surface area contributed by atoms with Gasteiger partial charge in [-0.1, -0.05) is 37.3 Å². The van der Waals surface area contributed by atoms with Crippen LogP contribution < -0.4 is 10.6 Å². The van der Waals surface area contributed by atoms with E-state index in [4.69, 9.17) is 0 Å². The van der Waals surface area contributed by atoms with Crippen molar-refractivity contribution in [2.45, 2.75) is 38.1 Å². The average Bonchev–Trinajstić information content (AvgIpc) is 2.42. The van der Waals surface area contributed by atoms with Gasteiger partial charge >= 0.3 is 0 Å². The van der Waals surface area contributed by atoms with Crippen LogP contribution in [-0.2, 0) is 4.79 Å². The summed E-state index contributed by atoms with van der Waals surface area (Å²) in [4.78, 5) is 12.3. The van der Waals surface area contributed by atoms with Crippen LogP contribution in [0.4, 0.5) is 0 Å². The number of carbonyl (C=O) groups is 1. The number of benzene rings is 1. The van der Waals surface area contributed by atoms with Crippen LogP contribution in [0.3, 0.4) is 0 Å². The van der Waals surface area contributed by atoms with Crippen LogP contribution in [-0.4, -0.2) is 25.0 Å². The van der Waals surface area contributed by atoms with E-state index in [-0.39, 0.29) is 24.2 Å². The highest BCUT2D eigenvalue weighted by Gasteiger charge is 2.22. The molecule has 1 aromatic carbocycles. The minimum atomic E-state index is -0.0203. The molecule has 0 radical (unpaired) electrons. The molecular weight excluding hydrogens is 260 g/mol. The maximum absolute atomic E-state index is 12.3. The summed E-state index contributed by atoms with van der Waals surface area (Å²) >= 11 is 0. The number of carbonyl (C=O) groups excluding carboxylic acids is 1. The normalized spacial score (nSPS) is 20.2. The minimum Gasteiger partial charge on any atom is -0.352 e. The first-order valence-corrected chi connectivity index (χ1v) is 6.87. The van der Waals surface area contributed by atoms with Gasteiger partial charge in [-0.25, -0.2) is 0 Å². The van der Waals surface area contributed by atoms with Gasteiger partial charge in [0, 0.05) is 12.6 Å². The van der Waals surface area contributed by atoms with Gasteiger partial charge in [0.05, 0.1) is 5.92 Å². The van der Waals surface area contributed by atoms with Crippen molar-refractivity contribution in [3.63, 3.8) is 0 Å². The van der Waals surface area contributed by atoms with Crippen molar-refractivity contribution in [2.75, 3.05) is 13.1 Å². The van der Waals surface area contributed by atoms with Crippen LogP contribution in [0, 0.1) is 0 Å². The fraction of sp³-hybridized carbons (Fsp3) is 0.533. The molecule has 2 unspecified atom stereocenters. The van der Waals surface area contributed by atoms with Crippen molar-refractivity contribution >= 4 is 18.3 Å². The van der Waals surface area contributed by atoms with Gasteiger partial charge in [-0.3, -0.25) is 4.79 Å². The van der Waals surface area contributed by atoms with Crippen molar-refractivity contribution in [3.8, 4) is 0 Å². The Labute approximate surface area is 121 Å². The first-order valence-electron chi connectivity index (χ1n) is 6.87. The fourth-order valence-electron chi connectivity index (χ4n) is 2.53. The van der Waals surface area contributed by atoms with Crippen molar-refractivity contribution < 1.29 is 4.79 Å². The maximum Gasteiger partial charge on any atom is 0.227 e. The lowest BCUT2D eigenvalue weighted by atomic mass is 9.95. The van der Waals surface area contributed by atoms with Crippen LogP contribution in [0.15, 0.2) is 30.3 Å². The molecular formula is C15H23ClN2O. The van der Waals surface area contributed by atoms with E-state index in [0.717, 1.165) is 37.9 Å².